The first-order valence-electron chi connectivity index (χ1n) is 5.90. The summed E-state index contributed by atoms with van der Waals surface area (Å²) in [5.74, 6) is -0.301. The van der Waals surface area contributed by atoms with Gasteiger partial charge in [-0.1, -0.05) is 0 Å². The van der Waals surface area contributed by atoms with Crippen molar-refractivity contribution >= 4 is 5.69 Å². The van der Waals surface area contributed by atoms with Crippen molar-refractivity contribution in [2.45, 2.75) is 32.5 Å². The summed E-state index contributed by atoms with van der Waals surface area (Å²) in [6, 6.07) is 3.13. The molecule has 0 aliphatic carbocycles. The van der Waals surface area contributed by atoms with Gasteiger partial charge in [-0.2, -0.15) is 0 Å². The minimum absolute atomic E-state index is 0.301. The summed E-state index contributed by atoms with van der Waals surface area (Å²) in [7, 11) is 0. The molecule has 17 heavy (non-hydrogen) atoms. The van der Waals surface area contributed by atoms with Gasteiger partial charge in [0, 0.05) is 24.3 Å². The highest BCUT2D eigenvalue weighted by molar-refractivity contribution is 5.57. The van der Waals surface area contributed by atoms with E-state index in [4.69, 9.17) is 0 Å². The molecular weight excluding hydrogens is 221 g/mol. The molecule has 1 heterocycles. The second-order valence-corrected chi connectivity index (χ2v) is 4.72. The van der Waals surface area contributed by atoms with Crippen LogP contribution in [0.1, 0.15) is 30.6 Å². The van der Waals surface area contributed by atoms with Gasteiger partial charge in [0.1, 0.15) is 5.82 Å². The van der Waals surface area contributed by atoms with Gasteiger partial charge in [0.25, 0.3) is 0 Å². The topological polar surface area (TPSA) is 43.7 Å². The number of benzene rings is 1. The van der Waals surface area contributed by atoms with E-state index in [0.29, 0.717) is 17.7 Å². The number of anilines is 1. The monoisotopic (exact) mass is 239 g/mol. The lowest BCUT2D eigenvalue weighted by Crippen LogP contribution is -2.23. The summed E-state index contributed by atoms with van der Waals surface area (Å²) >= 11 is 0. The summed E-state index contributed by atoms with van der Waals surface area (Å²) in [6.07, 6.45) is -0.324. The van der Waals surface area contributed by atoms with Crippen LogP contribution >= 0.6 is 0 Å². The molecule has 1 saturated heterocycles. The third kappa shape index (κ3) is 2.42. The van der Waals surface area contributed by atoms with Crippen molar-refractivity contribution in [3.8, 4) is 0 Å². The second-order valence-electron chi connectivity index (χ2n) is 4.72. The lowest BCUT2D eigenvalue weighted by molar-refractivity contribution is 0.196. The molecule has 1 unspecified atom stereocenters. The fourth-order valence-corrected chi connectivity index (χ4v) is 2.25. The molecule has 0 bridgehead atoms. The van der Waals surface area contributed by atoms with E-state index in [1.807, 2.05) is 4.90 Å². The number of halogens is 1. The Hall–Kier alpha value is -1.13. The molecular formula is C13H18FNO2. The SMILES string of the molecule is Cc1cc(N2CCC(O)C2)c([C@@H](C)O)cc1F. The molecule has 4 heteroatoms. The molecule has 2 N–H and O–H groups in total. The maximum atomic E-state index is 13.5. The molecule has 2 atom stereocenters. The summed E-state index contributed by atoms with van der Waals surface area (Å²) in [5.41, 5.74) is 1.98. The standard InChI is InChI=1S/C13H18FNO2/c1-8-5-13(15-4-3-10(17)7-15)11(9(2)16)6-12(8)14/h5-6,9-10,16-17H,3-4,7H2,1-2H3/t9-,10?/m1/s1. The van der Waals surface area contributed by atoms with E-state index in [9.17, 15) is 14.6 Å². The maximum Gasteiger partial charge on any atom is 0.126 e. The molecule has 1 aliphatic rings. The van der Waals surface area contributed by atoms with Crippen LogP contribution in [0.15, 0.2) is 12.1 Å². The summed E-state index contributed by atoms with van der Waals surface area (Å²) in [5, 5.41) is 19.2. The van der Waals surface area contributed by atoms with E-state index in [1.54, 1.807) is 19.9 Å². The van der Waals surface area contributed by atoms with Gasteiger partial charge in [-0.15, -0.1) is 0 Å². The van der Waals surface area contributed by atoms with Crippen LogP contribution < -0.4 is 4.90 Å². The van der Waals surface area contributed by atoms with Crippen LogP contribution in [0.5, 0.6) is 0 Å². The number of nitrogens with zero attached hydrogens (tertiary/aromatic N) is 1. The van der Waals surface area contributed by atoms with Crippen molar-refractivity contribution < 1.29 is 14.6 Å². The number of aliphatic hydroxyl groups is 2. The summed E-state index contributed by atoms with van der Waals surface area (Å²) < 4.78 is 13.5. The van der Waals surface area contributed by atoms with E-state index >= 15 is 0 Å². The zero-order chi connectivity index (χ0) is 12.6. The van der Waals surface area contributed by atoms with E-state index in [-0.39, 0.29) is 11.9 Å². The smallest absolute Gasteiger partial charge is 0.126 e. The molecule has 0 radical (unpaired) electrons. The van der Waals surface area contributed by atoms with Crippen LogP contribution in [-0.2, 0) is 0 Å². The van der Waals surface area contributed by atoms with Gasteiger partial charge in [-0.25, -0.2) is 4.39 Å². The predicted molar refractivity (Wildman–Crippen MR) is 64.6 cm³/mol. The number of aliphatic hydroxyl groups excluding tert-OH is 2. The van der Waals surface area contributed by atoms with E-state index in [0.717, 1.165) is 18.7 Å². The molecule has 1 aromatic rings. The Morgan fingerprint density at radius 1 is 1.47 bits per heavy atom. The quantitative estimate of drug-likeness (QED) is 0.826. The van der Waals surface area contributed by atoms with Gasteiger partial charge in [0.05, 0.1) is 12.2 Å². The van der Waals surface area contributed by atoms with E-state index < -0.39 is 6.10 Å². The van der Waals surface area contributed by atoms with E-state index in [2.05, 4.69) is 0 Å². The fraction of sp³-hybridized carbons (Fsp3) is 0.538. The van der Waals surface area contributed by atoms with Gasteiger partial charge < -0.3 is 15.1 Å². The lowest BCUT2D eigenvalue weighted by atomic mass is 10.0. The van der Waals surface area contributed by atoms with Gasteiger partial charge >= 0.3 is 0 Å². The largest absolute Gasteiger partial charge is 0.391 e. The Kier molecular flexibility index (Phi) is 3.35. The Balaban J connectivity index is 2.40. The maximum absolute atomic E-state index is 13.5. The number of aryl methyl sites for hydroxylation is 1. The molecule has 0 saturated carbocycles. The first kappa shape index (κ1) is 12.3. The van der Waals surface area contributed by atoms with Gasteiger partial charge in [-0.05, 0) is 38.0 Å². The Bertz CT molecular complexity index is 420. The van der Waals surface area contributed by atoms with E-state index in [1.165, 1.54) is 6.07 Å². The number of β-amino-alcohol motifs (C(OH)–C–C–N with tert-alkyl or cyclic N) is 1. The van der Waals surface area contributed by atoms with Crippen molar-refractivity contribution in [2.75, 3.05) is 18.0 Å². The van der Waals surface area contributed by atoms with Crippen molar-refractivity contribution in [3.63, 3.8) is 0 Å². The number of hydrogen-bond acceptors (Lipinski definition) is 3. The highest BCUT2D eigenvalue weighted by Gasteiger charge is 2.24. The summed E-state index contributed by atoms with van der Waals surface area (Å²) in [4.78, 5) is 2.00. The van der Waals surface area contributed by atoms with Crippen LogP contribution in [0.4, 0.5) is 10.1 Å². The zero-order valence-corrected chi connectivity index (χ0v) is 10.2. The number of rotatable bonds is 2. The lowest BCUT2D eigenvalue weighted by Gasteiger charge is -2.23. The van der Waals surface area contributed by atoms with Crippen molar-refractivity contribution in [1.29, 1.82) is 0 Å². The van der Waals surface area contributed by atoms with Crippen molar-refractivity contribution in [1.82, 2.24) is 0 Å². The molecule has 1 fully saturated rings. The van der Waals surface area contributed by atoms with Crippen LogP contribution in [-0.4, -0.2) is 29.4 Å². The normalized spacial score (nSPS) is 21.9. The molecule has 2 rings (SSSR count). The van der Waals surface area contributed by atoms with Crippen LogP contribution in [0.2, 0.25) is 0 Å². The third-order valence-electron chi connectivity index (χ3n) is 3.26. The molecule has 0 spiro atoms. The highest BCUT2D eigenvalue weighted by atomic mass is 19.1. The average molecular weight is 239 g/mol. The fourth-order valence-electron chi connectivity index (χ4n) is 2.25. The number of hydrogen-bond donors (Lipinski definition) is 2. The predicted octanol–water partition coefficient (Wildman–Crippen LogP) is 1.76. The van der Waals surface area contributed by atoms with Crippen molar-refractivity contribution in [2.24, 2.45) is 0 Å². The minimum atomic E-state index is -0.710. The molecule has 0 amide bonds. The van der Waals surface area contributed by atoms with Gasteiger partial charge in [-0.3, -0.25) is 0 Å². The van der Waals surface area contributed by atoms with Crippen LogP contribution in [0, 0.1) is 12.7 Å². The Morgan fingerprint density at radius 2 is 2.18 bits per heavy atom. The highest BCUT2D eigenvalue weighted by Crippen LogP contribution is 2.31. The first-order chi connectivity index (χ1) is 7.99. The summed E-state index contributed by atoms with van der Waals surface area (Å²) in [6.45, 7) is 4.62. The minimum Gasteiger partial charge on any atom is -0.391 e. The average Bonchev–Trinajstić information content (AvgIpc) is 2.68. The molecule has 94 valence electrons. The molecule has 0 aromatic heterocycles. The Labute approximate surface area is 100 Å². The van der Waals surface area contributed by atoms with Gasteiger partial charge in [0.2, 0.25) is 0 Å². The third-order valence-corrected chi connectivity index (χ3v) is 3.26. The van der Waals surface area contributed by atoms with Crippen LogP contribution in [0.3, 0.4) is 0 Å². The zero-order valence-electron chi connectivity index (χ0n) is 10.2. The first-order valence-corrected chi connectivity index (χ1v) is 5.90. The molecule has 3 nitrogen and oxygen atoms in total. The van der Waals surface area contributed by atoms with Crippen molar-refractivity contribution in [3.05, 3.63) is 29.1 Å². The second kappa shape index (κ2) is 4.63. The van der Waals surface area contributed by atoms with Gasteiger partial charge in [0.15, 0.2) is 0 Å². The molecule has 1 aromatic carbocycles. The Morgan fingerprint density at radius 3 is 2.71 bits per heavy atom. The molecule has 1 aliphatic heterocycles. The van der Waals surface area contributed by atoms with Crippen LogP contribution in [0.25, 0.3) is 0 Å².